The van der Waals surface area contributed by atoms with E-state index in [1.165, 1.54) is 31.0 Å². The molecular formula is C13H12O4S. The minimum Gasteiger partial charge on any atom is -0.504 e. The second kappa shape index (κ2) is 5.18. The molecular weight excluding hydrogens is 252 g/mol. The number of carbonyl (C=O) groups excluding carboxylic acids is 1. The summed E-state index contributed by atoms with van der Waals surface area (Å²) in [6.07, 6.45) is 0. The molecule has 2 aromatic carbocycles. The van der Waals surface area contributed by atoms with E-state index in [-0.39, 0.29) is 23.2 Å². The Hall–Kier alpha value is -1.88. The number of esters is 1. The van der Waals surface area contributed by atoms with Gasteiger partial charge in [0.05, 0.1) is 12.9 Å². The van der Waals surface area contributed by atoms with Crippen LogP contribution in [0.5, 0.6) is 11.5 Å². The SMILES string of the molecule is COC(=O)CSc1ccc2cc(O)c(O)cc2c1. The number of carbonyl (C=O) groups is 1. The molecule has 0 unspecified atom stereocenters. The van der Waals surface area contributed by atoms with Gasteiger partial charge in [0.1, 0.15) is 0 Å². The molecule has 0 atom stereocenters. The van der Waals surface area contributed by atoms with E-state index in [1.807, 2.05) is 18.2 Å². The number of phenolic OH excluding ortho intramolecular Hbond substituents is 2. The number of aromatic hydroxyl groups is 2. The molecule has 0 bridgehead atoms. The number of ether oxygens (including phenoxy) is 1. The van der Waals surface area contributed by atoms with E-state index >= 15 is 0 Å². The summed E-state index contributed by atoms with van der Waals surface area (Å²) >= 11 is 1.36. The Kier molecular flexibility index (Phi) is 3.62. The Morgan fingerprint density at radius 2 is 1.83 bits per heavy atom. The molecule has 0 radical (unpaired) electrons. The van der Waals surface area contributed by atoms with Crippen molar-refractivity contribution in [3.63, 3.8) is 0 Å². The van der Waals surface area contributed by atoms with Crippen LogP contribution in [0.2, 0.25) is 0 Å². The first-order valence-corrected chi connectivity index (χ1v) is 6.24. The van der Waals surface area contributed by atoms with Crippen molar-refractivity contribution in [3.05, 3.63) is 30.3 Å². The third-order valence-electron chi connectivity index (χ3n) is 2.49. The molecule has 2 rings (SSSR count). The topological polar surface area (TPSA) is 66.8 Å². The molecule has 0 spiro atoms. The molecule has 0 saturated heterocycles. The van der Waals surface area contributed by atoms with E-state index in [0.29, 0.717) is 0 Å². The number of rotatable bonds is 3. The fourth-order valence-electron chi connectivity index (χ4n) is 1.54. The molecule has 4 nitrogen and oxygen atoms in total. The van der Waals surface area contributed by atoms with E-state index in [1.54, 1.807) is 0 Å². The maximum absolute atomic E-state index is 11.0. The predicted molar refractivity (Wildman–Crippen MR) is 70.0 cm³/mol. The van der Waals surface area contributed by atoms with Gasteiger partial charge in [-0.3, -0.25) is 4.79 Å². The summed E-state index contributed by atoms with van der Waals surface area (Å²) in [6.45, 7) is 0. The zero-order valence-corrected chi connectivity index (χ0v) is 10.5. The highest BCUT2D eigenvalue weighted by atomic mass is 32.2. The molecule has 0 aliphatic carbocycles. The zero-order valence-electron chi connectivity index (χ0n) is 9.71. The van der Waals surface area contributed by atoms with Crippen LogP contribution < -0.4 is 0 Å². The van der Waals surface area contributed by atoms with Gasteiger partial charge in [-0.2, -0.15) is 0 Å². The second-order valence-corrected chi connectivity index (χ2v) is 4.76. The Morgan fingerprint density at radius 3 is 2.50 bits per heavy atom. The van der Waals surface area contributed by atoms with Crippen molar-refractivity contribution in [2.45, 2.75) is 4.90 Å². The molecule has 0 saturated carbocycles. The van der Waals surface area contributed by atoms with Gasteiger partial charge >= 0.3 is 5.97 Å². The largest absolute Gasteiger partial charge is 0.504 e. The number of benzene rings is 2. The molecule has 0 aliphatic heterocycles. The average molecular weight is 264 g/mol. The third-order valence-corrected chi connectivity index (χ3v) is 3.46. The molecule has 5 heteroatoms. The third kappa shape index (κ3) is 2.68. The van der Waals surface area contributed by atoms with Crippen molar-refractivity contribution in [1.29, 1.82) is 0 Å². The van der Waals surface area contributed by atoms with Crippen molar-refractivity contribution in [2.75, 3.05) is 12.9 Å². The minimum absolute atomic E-state index is 0.141. The maximum Gasteiger partial charge on any atom is 0.315 e. The van der Waals surface area contributed by atoms with Crippen LogP contribution in [-0.4, -0.2) is 29.0 Å². The van der Waals surface area contributed by atoms with E-state index in [4.69, 9.17) is 0 Å². The molecule has 0 amide bonds. The summed E-state index contributed by atoms with van der Waals surface area (Å²) in [5.74, 6) is -0.338. The lowest BCUT2D eigenvalue weighted by molar-refractivity contribution is -0.137. The van der Waals surface area contributed by atoms with Gasteiger partial charge in [0.2, 0.25) is 0 Å². The number of methoxy groups -OCH3 is 1. The standard InChI is InChI=1S/C13H12O4S/c1-17-13(16)7-18-10-3-2-8-5-11(14)12(15)6-9(8)4-10/h2-6,14-15H,7H2,1H3. The molecule has 94 valence electrons. The fraction of sp³-hybridized carbons (Fsp3) is 0.154. The van der Waals surface area contributed by atoms with E-state index in [0.717, 1.165) is 15.7 Å². The average Bonchev–Trinajstić information content (AvgIpc) is 2.37. The molecule has 0 aliphatic rings. The van der Waals surface area contributed by atoms with Crippen molar-refractivity contribution < 1.29 is 19.7 Å². The van der Waals surface area contributed by atoms with Crippen LogP contribution in [0.3, 0.4) is 0 Å². The van der Waals surface area contributed by atoms with Gasteiger partial charge in [-0.05, 0) is 35.0 Å². The van der Waals surface area contributed by atoms with Crippen LogP contribution in [0.1, 0.15) is 0 Å². The van der Waals surface area contributed by atoms with Crippen LogP contribution in [0.15, 0.2) is 35.2 Å². The molecule has 0 aromatic heterocycles. The van der Waals surface area contributed by atoms with Gasteiger partial charge in [-0.1, -0.05) is 6.07 Å². The van der Waals surface area contributed by atoms with Gasteiger partial charge in [0.15, 0.2) is 11.5 Å². The molecule has 2 N–H and O–H groups in total. The quantitative estimate of drug-likeness (QED) is 0.506. The summed E-state index contributed by atoms with van der Waals surface area (Å²) in [5.41, 5.74) is 0. The summed E-state index contributed by atoms with van der Waals surface area (Å²) in [5, 5.41) is 20.4. The van der Waals surface area contributed by atoms with Gasteiger partial charge < -0.3 is 14.9 Å². The maximum atomic E-state index is 11.0. The highest BCUT2D eigenvalue weighted by Crippen LogP contribution is 2.32. The van der Waals surface area contributed by atoms with E-state index in [2.05, 4.69) is 4.74 Å². The normalized spacial score (nSPS) is 10.5. The first-order chi connectivity index (χ1) is 8.60. The number of hydrogen-bond donors (Lipinski definition) is 2. The number of hydrogen-bond acceptors (Lipinski definition) is 5. The molecule has 0 heterocycles. The van der Waals surface area contributed by atoms with Crippen molar-refractivity contribution >= 4 is 28.5 Å². The number of thioether (sulfide) groups is 1. The Balaban J connectivity index is 2.27. The number of fused-ring (bicyclic) bond motifs is 1. The van der Waals surface area contributed by atoms with Crippen LogP contribution >= 0.6 is 11.8 Å². The van der Waals surface area contributed by atoms with Crippen LogP contribution in [0.4, 0.5) is 0 Å². The first-order valence-electron chi connectivity index (χ1n) is 5.25. The smallest absolute Gasteiger partial charge is 0.315 e. The van der Waals surface area contributed by atoms with Gasteiger partial charge in [-0.15, -0.1) is 11.8 Å². The Morgan fingerprint density at radius 1 is 1.17 bits per heavy atom. The highest BCUT2D eigenvalue weighted by Gasteiger charge is 2.05. The summed E-state index contributed by atoms with van der Waals surface area (Å²) in [4.78, 5) is 11.9. The molecule has 2 aromatic rings. The zero-order chi connectivity index (χ0) is 13.1. The predicted octanol–water partition coefficient (Wildman–Crippen LogP) is 2.52. The number of phenols is 2. The van der Waals surface area contributed by atoms with Gasteiger partial charge in [0.25, 0.3) is 0 Å². The lowest BCUT2D eigenvalue weighted by Crippen LogP contribution is -2.02. The molecule has 0 fully saturated rings. The summed E-state index contributed by atoms with van der Waals surface area (Å²) in [7, 11) is 1.35. The fourth-order valence-corrected chi connectivity index (χ4v) is 2.32. The Labute approximate surface area is 108 Å². The van der Waals surface area contributed by atoms with Crippen LogP contribution in [-0.2, 0) is 9.53 Å². The monoisotopic (exact) mass is 264 g/mol. The second-order valence-electron chi connectivity index (χ2n) is 3.71. The van der Waals surface area contributed by atoms with Crippen molar-refractivity contribution in [2.24, 2.45) is 0 Å². The Bertz CT molecular complexity index is 595. The highest BCUT2D eigenvalue weighted by molar-refractivity contribution is 8.00. The van der Waals surface area contributed by atoms with Gasteiger partial charge in [-0.25, -0.2) is 0 Å². The lowest BCUT2D eigenvalue weighted by atomic mass is 10.1. The van der Waals surface area contributed by atoms with Crippen molar-refractivity contribution in [3.8, 4) is 11.5 Å². The van der Waals surface area contributed by atoms with E-state index < -0.39 is 0 Å². The van der Waals surface area contributed by atoms with Crippen molar-refractivity contribution in [1.82, 2.24) is 0 Å². The first kappa shape index (κ1) is 12.6. The molecule has 18 heavy (non-hydrogen) atoms. The summed E-state index contributed by atoms with van der Waals surface area (Å²) < 4.78 is 4.56. The summed E-state index contributed by atoms with van der Waals surface area (Å²) in [6, 6.07) is 8.52. The van der Waals surface area contributed by atoms with E-state index in [9.17, 15) is 15.0 Å². The lowest BCUT2D eigenvalue weighted by Gasteiger charge is -2.05. The van der Waals surface area contributed by atoms with Crippen LogP contribution in [0.25, 0.3) is 10.8 Å². The van der Waals surface area contributed by atoms with Gasteiger partial charge in [0, 0.05) is 4.90 Å². The van der Waals surface area contributed by atoms with Crippen LogP contribution in [0, 0.1) is 0 Å². The minimum atomic E-state index is -0.284.